The van der Waals surface area contributed by atoms with Crippen molar-refractivity contribution in [3.8, 4) is 0 Å². The van der Waals surface area contributed by atoms with Crippen LogP contribution < -0.4 is 5.73 Å². The first-order chi connectivity index (χ1) is 10.2. The highest BCUT2D eigenvalue weighted by Crippen LogP contribution is 2.13. The maximum absolute atomic E-state index is 10.4. The zero-order valence-corrected chi connectivity index (χ0v) is 14.1. The number of rotatable bonds is 16. The van der Waals surface area contributed by atoms with Gasteiger partial charge in [-0.2, -0.15) is 0 Å². The molecule has 0 aromatic heterocycles. The zero-order chi connectivity index (χ0) is 15.8. The maximum Gasteiger partial charge on any atom is 0.303 e. The van der Waals surface area contributed by atoms with E-state index in [2.05, 4.69) is 6.92 Å². The molecule has 0 spiro atoms. The SMILES string of the molecule is CCCCCCCCCCCCC(N)CCCCC(=O)O. The molecule has 0 aliphatic heterocycles. The molecule has 1 unspecified atom stereocenters. The van der Waals surface area contributed by atoms with Crippen LogP contribution in [0.25, 0.3) is 0 Å². The minimum Gasteiger partial charge on any atom is -0.481 e. The molecule has 3 nitrogen and oxygen atoms in total. The molecule has 0 radical (unpaired) electrons. The van der Waals surface area contributed by atoms with E-state index in [1.54, 1.807) is 0 Å². The van der Waals surface area contributed by atoms with Crippen molar-refractivity contribution in [3.05, 3.63) is 0 Å². The number of carbonyl (C=O) groups is 1. The van der Waals surface area contributed by atoms with Crippen molar-refractivity contribution in [2.45, 2.75) is 109 Å². The molecular weight excluding hydrogens is 262 g/mol. The minimum atomic E-state index is -0.696. The summed E-state index contributed by atoms with van der Waals surface area (Å²) >= 11 is 0. The quantitative estimate of drug-likeness (QED) is 0.382. The molecule has 126 valence electrons. The second kappa shape index (κ2) is 15.8. The average molecular weight is 299 g/mol. The molecule has 1 atom stereocenters. The molecule has 3 heteroatoms. The van der Waals surface area contributed by atoms with Gasteiger partial charge in [-0.3, -0.25) is 4.79 Å². The average Bonchev–Trinajstić information content (AvgIpc) is 2.45. The molecule has 0 saturated heterocycles. The molecule has 0 saturated carbocycles. The van der Waals surface area contributed by atoms with Gasteiger partial charge in [-0.25, -0.2) is 0 Å². The summed E-state index contributed by atoms with van der Waals surface area (Å²) in [5.74, 6) is -0.696. The van der Waals surface area contributed by atoms with Gasteiger partial charge in [-0.15, -0.1) is 0 Å². The van der Waals surface area contributed by atoms with E-state index >= 15 is 0 Å². The Morgan fingerprint density at radius 2 is 1.24 bits per heavy atom. The van der Waals surface area contributed by atoms with Gasteiger partial charge in [0.25, 0.3) is 0 Å². The van der Waals surface area contributed by atoms with Crippen LogP contribution in [0.1, 0.15) is 103 Å². The van der Waals surface area contributed by atoms with Crippen LogP contribution in [0.2, 0.25) is 0 Å². The first-order valence-electron chi connectivity index (χ1n) is 9.14. The molecule has 3 N–H and O–H groups in total. The molecule has 0 fully saturated rings. The minimum absolute atomic E-state index is 0.271. The lowest BCUT2D eigenvalue weighted by Gasteiger charge is -2.10. The van der Waals surface area contributed by atoms with E-state index in [1.165, 1.54) is 64.2 Å². The summed E-state index contributed by atoms with van der Waals surface area (Å²) in [6.07, 6.45) is 17.7. The zero-order valence-electron chi connectivity index (χ0n) is 14.1. The number of carboxylic acids is 1. The fraction of sp³-hybridized carbons (Fsp3) is 0.944. The monoisotopic (exact) mass is 299 g/mol. The van der Waals surface area contributed by atoms with Crippen LogP contribution in [0.5, 0.6) is 0 Å². The first kappa shape index (κ1) is 20.4. The van der Waals surface area contributed by atoms with Gasteiger partial charge in [-0.1, -0.05) is 77.6 Å². The van der Waals surface area contributed by atoms with Crippen LogP contribution in [0.3, 0.4) is 0 Å². The van der Waals surface area contributed by atoms with Crippen molar-refractivity contribution >= 4 is 5.97 Å². The number of nitrogens with two attached hydrogens (primary N) is 1. The second-order valence-corrected chi connectivity index (χ2v) is 6.37. The molecule has 21 heavy (non-hydrogen) atoms. The number of hydrogen-bond donors (Lipinski definition) is 2. The number of unbranched alkanes of at least 4 members (excludes halogenated alkanes) is 10. The molecule has 0 amide bonds. The van der Waals surface area contributed by atoms with Gasteiger partial charge in [-0.05, 0) is 19.3 Å². The topological polar surface area (TPSA) is 63.3 Å². The van der Waals surface area contributed by atoms with E-state index < -0.39 is 5.97 Å². The lowest BCUT2D eigenvalue weighted by atomic mass is 10.0. The normalized spacial score (nSPS) is 12.5. The predicted octanol–water partition coefficient (Wildman–Crippen LogP) is 5.27. The Labute approximate surface area is 131 Å². The van der Waals surface area contributed by atoms with E-state index in [1.807, 2.05) is 0 Å². The predicted molar refractivity (Wildman–Crippen MR) is 90.5 cm³/mol. The van der Waals surface area contributed by atoms with Gasteiger partial charge in [0, 0.05) is 12.5 Å². The lowest BCUT2D eigenvalue weighted by molar-refractivity contribution is -0.137. The van der Waals surface area contributed by atoms with Crippen molar-refractivity contribution in [2.75, 3.05) is 0 Å². The summed E-state index contributed by atoms with van der Waals surface area (Å²) < 4.78 is 0. The fourth-order valence-corrected chi connectivity index (χ4v) is 2.72. The van der Waals surface area contributed by atoms with Crippen molar-refractivity contribution in [2.24, 2.45) is 5.73 Å². The van der Waals surface area contributed by atoms with Gasteiger partial charge in [0.1, 0.15) is 0 Å². The van der Waals surface area contributed by atoms with Crippen LogP contribution >= 0.6 is 0 Å². The van der Waals surface area contributed by atoms with Crippen LogP contribution in [0.15, 0.2) is 0 Å². The highest BCUT2D eigenvalue weighted by Gasteiger charge is 2.03. The van der Waals surface area contributed by atoms with Crippen LogP contribution in [0.4, 0.5) is 0 Å². The Morgan fingerprint density at radius 3 is 1.71 bits per heavy atom. The van der Waals surface area contributed by atoms with Crippen LogP contribution in [-0.2, 0) is 4.79 Å². The Balaban J connectivity index is 3.14. The number of aliphatic carboxylic acids is 1. The van der Waals surface area contributed by atoms with E-state index in [0.29, 0.717) is 0 Å². The molecule has 0 aromatic rings. The standard InChI is InChI=1S/C18H37NO2/c1-2-3-4-5-6-7-8-9-10-11-14-17(19)15-12-13-16-18(20)21/h17H,2-16,19H2,1H3,(H,20,21). The Bertz CT molecular complexity index is 231. The van der Waals surface area contributed by atoms with E-state index in [-0.39, 0.29) is 12.5 Å². The summed E-state index contributed by atoms with van der Waals surface area (Å²) in [6, 6.07) is 0.271. The molecule has 0 rings (SSSR count). The summed E-state index contributed by atoms with van der Waals surface area (Å²) in [7, 11) is 0. The highest BCUT2D eigenvalue weighted by atomic mass is 16.4. The fourth-order valence-electron chi connectivity index (χ4n) is 2.72. The molecule has 0 aromatic carbocycles. The lowest BCUT2D eigenvalue weighted by Crippen LogP contribution is -2.19. The summed E-state index contributed by atoms with van der Waals surface area (Å²) in [6.45, 7) is 2.26. The number of carboxylic acid groups (broad SMARTS) is 1. The summed E-state index contributed by atoms with van der Waals surface area (Å²) in [5.41, 5.74) is 6.05. The Hall–Kier alpha value is -0.570. The van der Waals surface area contributed by atoms with Crippen LogP contribution in [-0.4, -0.2) is 17.1 Å². The largest absolute Gasteiger partial charge is 0.481 e. The van der Waals surface area contributed by atoms with Crippen molar-refractivity contribution in [3.63, 3.8) is 0 Å². The summed E-state index contributed by atoms with van der Waals surface area (Å²) in [5, 5.41) is 8.55. The summed E-state index contributed by atoms with van der Waals surface area (Å²) in [4.78, 5) is 10.4. The third kappa shape index (κ3) is 17.4. The van der Waals surface area contributed by atoms with Gasteiger partial charge < -0.3 is 10.8 Å². The maximum atomic E-state index is 10.4. The third-order valence-electron chi connectivity index (χ3n) is 4.14. The van der Waals surface area contributed by atoms with Gasteiger partial charge >= 0.3 is 5.97 Å². The second-order valence-electron chi connectivity index (χ2n) is 6.37. The van der Waals surface area contributed by atoms with E-state index in [4.69, 9.17) is 10.8 Å². The number of hydrogen-bond acceptors (Lipinski definition) is 2. The van der Waals surface area contributed by atoms with Crippen LogP contribution in [0, 0.1) is 0 Å². The molecule has 0 aliphatic carbocycles. The Kier molecular flexibility index (Phi) is 15.4. The van der Waals surface area contributed by atoms with Crippen molar-refractivity contribution in [1.82, 2.24) is 0 Å². The molecule has 0 heterocycles. The van der Waals surface area contributed by atoms with Crippen molar-refractivity contribution < 1.29 is 9.90 Å². The first-order valence-corrected chi connectivity index (χ1v) is 9.14. The van der Waals surface area contributed by atoms with E-state index in [9.17, 15) is 4.79 Å². The van der Waals surface area contributed by atoms with E-state index in [0.717, 1.165) is 25.7 Å². The third-order valence-corrected chi connectivity index (χ3v) is 4.14. The molecule has 0 aliphatic rings. The Morgan fingerprint density at radius 1 is 0.810 bits per heavy atom. The molecule has 0 bridgehead atoms. The smallest absolute Gasteiger partial charge is 0.303 e. The van der Waals surface area contributed by atoms with Crippen molar-refractivity contribution in [1.29, 1.82) is 0 Å². The van der Waals surface area contributed by atoms with Gasteiger partial charge in [0.05, 0.1) is 0 Å². The van der Waals surface area contributed by atoms with Gasteiger partial charge in [0.2, 0.25) is 0 Å². The molecular formula is C18H37NO2. The van der Waals surface area contributed by atoms with Gasteiger partial charge in [0.15, 0.2) is 0 Å². The highest BCUT2D eigenvalue weighted by molar-refractivity contribution is 5.66.